The summed E-state index contributed by atoms with van der Waals surface area (Å²) in [5.74, 6) is 0. The van der Waals surface area contributed by atoms with Gasteiger partial charge in [-0.25, -0.2) is 4.68 Å². The number of benzene rings is 1. The quantitative estimate of drug-likeness (QED) is 0.943. The second-order valence-electron chi connectivity index (χ2n) is 4.89. The van der Waals surface area contributed by atoms with Crippen LogP contribution in [0.1, 0.15) is 18.4 Å². The maximum Gasteiger partial charge on any atom is 0.269 e. The summed E-state index contributed by atoms with van der Waals surface area (Å²) in [6.45, 7) is 0.307. The van der Waals surface area contributed by atoms with Crippen molar-refractivity contribution in [2.75, 3.05) is 5.32 Å². The highest BCUT2D eigenvalue weighted by Crippen LogP contribution is 2.24. The monoisotopic (exact) mass is 309 g/mol. The first-order chi connectivity index (χ1) is 9.61. The Labute approximate surface area is 126 Å². The minimum atomic E-state index is -0.160. The fraction of sp³-hybridized carbons (Fsp3) is 0.286. The van der Waals surface area contributed by atoms with Crippen LogP contribution in [-0.2, 0) is 6.54 Å². The highest BCUT2D eigenvalue weighted by molar-refractivity contribution is 6.33. The van der Waals surface area contributed by atoms with E-state index in [0.717, 1.165) is 24.1 Å². The van der Waals surface area contributed by atoms with Gasteiger partial charge in [-0.05, 0) is 36.6 Å². The number of rotatable bonds is 4. The van der Waals surface area contributed by atoms with E-state index in [9.17, 15) is 4.79 Å². The lowest BCUT2D eigenvalue weighted by atomic mass is 10.2. The van der Waals surface area contributed by atoms with E-state index in [0.29, 0.717) is 22.6 Å². The summed E-state index contributed by atoms with van der Waals surface area (Å²) in [5, 5.41) is 8.57. The van der Waals surface area contributed by atoms with Crippen molar-refractivity contribution in [1.29, 1.82) is 0 Å². The number of halogens is 2. The van der Waals surface area contributed by atoms with Gasteiger partial charge in [-0.3, -0.25) is 4.79 Å². The topological polar surface area (TPSA) is 46.9 Å². The van der Waals surface area contributed by atoms with Gasteiger partial charge in [0, 0.05) is 22.2 Å². The smallest absolute Gasteiger partial charge is 0.269 e. The van der Waals surface area contributed by atoms with E-state index >= 15 is 0 Å². The van der Waals surface area contributed by atoms with E-state index in [1.54, 1.807) is 30.5 Å². The molecule has 1 aromatic heterocycles. The molecule has 0 spiro atoms. The van der Waals surface area contributed by atoms with Crippen LogP contribution in [0.3, 0.4) is 0 Å². The minimum absolute atomic E-state index is 0.160. The molecule has 2 aromatic rings. The lowest BCUT2D eigenvalue weighted by Crippen LogP contribution is -2.23. The first-order valence-corrected chi connectivity index (χ1v) is 7.15. The third-order valence-corrected chi connectivity index (χ3v) is 3.75. The normalized spacial score (nSPS) is 14.3. The molecule has 1 fully saturated rings. The first-order valence-electron chi connectivity index (χ1n) is 6.39. The van der Waals surface area contributed by atoms with Gasteiger partial charge in [-0.1, -0.05) is 23.2 Å². The molecule has 0 atom stereocenters. The molecule has 104 valence electrons. The molecule has 3 rings (SSSR count). The first kappa shape index (κ1) is 13.5. The van der Waals surface area contributed by atoms with Gasteiger partial charge in [0.2, 0.25) is 0 Å². The van der Waals surface area contributed by atoms with Crippen molar-refractivity contribution in [2.45, 2.75) is 25.4 Å². The summed E-state index contributed by atoms with van der Waals surface area (Å²) >= 11 is 12.0. The fourth-order valence-electron chi connectivity index (χ4n) is 1.92. The van der Waals surface area contributed by atoms with Gasteiger partial charge < -0.3 is 5.32 Å². The second-order valence-corrected chi connectivity index (χ2v) is 5.74. The van der Waals surface area contributed by atoms with E-state index in [-0.39, 0.29) is 5.56 Å². The van der Waals surface area contributed by atoms with Crippen molar-refractivity contribution >= 4 is 28.9 Å². The highest BCUT2D eigenvalue weighted by atomic mass is 35.5. The average molecular weight is 310 g/mol. The highest BCUT2D eigenvalue weighted by Gasteiger charge is 2.21. The molecule has 0 amide bonds. The van der Waals surface area contributed by atoms with Crippen LogP contribution in [-0.4, -0.2) is 15.8 Å². The average Bonchev–Trinajstić information content (AvgIpc) is 3.21. The van der Waals surface area contributed by atoms with Gasteiger partial charge in [0.15, 0.2) is 0 Å². The molecule has 1 aromatic carbocycles. The molecule has 20 heavy (non-hydrogen) atoms. The van der Waals surface area contributed by atoms with Crippen molar-refractivity contribution in [3.05, 3.63) is 56.4 Å². The molecular formula is C14H13Cl2N3O. The Morgan fingerprint density at radius 3 is 2.80 bits per heavy atom. The number of hydrogen-bond donors (Lipinski definition) is 1. The molecule has 0 unspecified atom stereocenters. The maximum absolute atomic E-state index is 12.0. The molecule has 0 saturated heterocycles. The summed E-state index contributed by atoms with van der Waals surface area (Å²) in [6.07, 6.45) is 3.97. The van der Waals surface area contributed by atoms with Crippen LogP contribution in [0.25, 0.3) is 0 Å². The third kappa shape index (κ3) is 3.14. The molecule has 4 nitrogen and oxygen atoms in total. The molecule has 0 radical (unpaired) electrons. The van der Waals surface area contributed by atoms with Crippen LogP contribution in [0.15, 0.2) is 35.3 Å². The van der Waals surface area contributed by atoms with Gasteiger partial charge in [-0.15, -0.1) is 0 Å². The van der Waals surface area contributed by atoms with Gasteiger partial charge >= 0.3 is 0 Å². The minimum Gasteiger partial charge on any atom is -0.381 e. The Morgan fingerprint density at radius 1 is 1.30 bits per heavy atom. The van der Waals surface area contributed by atoms with Crippen LogP contribution in [0, 0.1) is 0 Å². The number of hydrogen-bond acceptors (Lipinski definition) is 3. The van der Waals surface area contributed by atoms with Crippen molar-refractivity contribution in [2.24, 2.45) is 0 Å². The summed E-state index contributed by atoms with van der Waals surface area (Å²) in [4.78, 5) is 12.0. The number of anilines is 1. The van der Waals surface area contributed by atoms with E-state index in [1.807, 2.05) is 0 Å². The lowest BCUT2D eigenvalue weighted by Gasteiger charge is -2.09. The summed E-state index contributed by atoms with van der Waals surface area (Å²) in [5.41, 5.74) is 1.38. The molecular weight excluding hydrogens is 297 g/mol. The predicted molar refractivity (Wildman–Crippen MR) is 80.7 cm³/mol. The van der Waals surface area contributed by atoms with E-state index in [4.69, 9.17) is 23.2 Å². The van der Waals surface area contributed by atoms with Crippen LogP contribution in [0.2, 0.25) is 10.0 Å². The molecule has 1 aliphatic carbocycles. The summed E-state index contributed by atoms with van der Waals surface area (Å²) in [7, 11) is 0. The lowest BCUT2D eigenvalue weighted by molar-refractivity contribution is 0.639. The SMILES string of the molecule is O=c1cc(NC2CC2)cnn1Cc1cc(Cl)ccc1Cl. The van der Waals surface area contributed by atoms with Crippen molar-refractivity contribution in [3.63, 3.8) is 0 Å². The molecule has 6 heteroatoms. The zero-order chi connectivity index (χ0) is 14.1. The molecule has 1 saturated carbocycles. The van der Waals surface area contributed by atoms with Crippen LogP contribution in [0.4, 0.5) is 5.69 Å². The summed E-state index contributed by atoms with van der Waals surface area (Å²) < 4.78 is 1.37. The Morgan fingerprint density at radius 2 is 2.10 bits per heavy atom. The van der Waals surface area contributed by atoms with Gasteiger partial charge in [0.1, 0.15) is 0 Å². The zero-order valence-electron chi connectivity index (χ0n) is 10.6. The largest absolute Gasteiger partial charge is 0.381 e. The predicted octanol–water partition coefficient (Wildman–Crippen LogP) is 3.17. The van der Waals surface area contributed by atoms with E-state index in [2.05, 4.69) is 10.4 Å². The standard InChI is InChI=1S/C14H13Cl2N3O/c15-10-1-4-13(16)9(5-10)8-19-14(20)6-12(7-17-19)18-11-2-3-11/h1,4-7,11,18H,2-3,8H2. The molecule has 1 N–H and O–H groups in total. The third-order valence-electron chi connectivity index (χ3n) is 3.15. The Balaban J connectivity index is 1.83. The fourth-order valence-corrected chi connectivity index (χ4v) is 2.29. The zero-order valence-corrected chi connectivity index (χ0v) is 12.2. The maximum atomic E-state index is 12.0. The van der Waals surface area contributed by atoms with Crippen molar-refractivity contribution in [1.82, 2.24) is 9.78 Å². The molecule has 1 aliphatic rings. The molecule has 1 heterocycles. The Bertz CT molecular complexity index is 695. The molecule has 0 aliphatic heterocycles. The van der Waals surface area contributed by atoms with Gasteiger partial charge in [0.25, 0.3) is 5.56 Å². The number of aromatic nitrogens is 2. The van der Waals surface area contributed by atoms with Crippen LogP contribution in [0.5, 0.6) is 0 Å². The number of nitrogens with zero attached hydrogens (tertiary/aromatic N) is 2. The summed E-state index contributed by atoms with van der Waals surface area (Å²) in [6, 6.07) is 7.23. The van der Waals surface area contributed by atoms with Gasteiger partial charge in [-0.2, -0.15) is 5.10 Å². The van der Waals surface area contributed by atoms with Crippen molar-refractivity contribution < 1.29 is 0 Å². The van der Waals surface area contributed by atoms with E-state index < -0.39 is 0 Å². The Kier molecular flexibility index (Phi) is 3.68. The number of nitrogens with one attached hydrogen (secondary N) is 1. The van der Waals surface area contributed by atoms with Crippen LogP contribution >= 0.6 is 23.2 Å². The van der Waals surface area contributed by atoms with Gasteiger partial charge in [0.05, 0.1) is 18.4 Å². The second kappa shape index (κ2) is 5.46. The van der Waals surface area contributed by atoms with Crippen LogP contribution < -0.4 is 10.9 Å². The molecule has 0 bridgehead atoms. The Hall–Kier alpha value is -1.52. The van der Waals surface area contributed by atoms with Crippen molar-refractivity contribution in [3.8, 4) is 0 Å². The van der Waals surface area contributed by atoms with E-state index in [1.165, 1.54) is 4.68 Å².